The fourth-order valence-corrected chi connectivity index (χ4v) is 3.94. The van der Waals surface area contributed by atoms with E-state index in [0.717, 1.165) is 12.8 Å². The highest BCUT2D eigenvalue weighted by molar-refractivity contribution is 6.10. The standard InChI is InChI=1S/C18H23N5O3/c1-4-10-7-13(16-15(10)25-18(2,3)26-16)22-17-11(8-19-9-20-17)14(24)12-5-6-21-23-12/h5-6,8-10,13,15-16H,4,7H2,1-3H3,(H,21,23)(H,19,20,22)/t10-,13+,15+,16-/m0/s1. The number of carbonyl (C=O) groups is 1. The highest BCUT2D eigenvalue weighted by Crippen LogP contribution is 2.43. The second kappa shape index (κ2) is 6.44. The summed E-state index contributed by atoms with van der Waals surface area (Å²) in [5.74, 6) is 0.126. The molecule has 2 aromatic heterocycles. The number of aromatic amines is 1. The molecule has 138 valence electrons. The van der Waals surface area contributed by atoms with E-state index in [2.05, 4.69) is 32.4 Å². The molecule has 0 aromatic carbocycles. The largest absolute Gasteiger partial charge is 0.364 e. The summed E-state index contributed by atoms with van der Waals surface area (Å²) in [5.41, 5.74) is 0.812. The van der Waals surface area contributed by atoms with Gasteiger partial charge in [-0.15, -0.1) is 0 Å². The van der Waals surface area contributed by atoms with Gasteiger partial charge in [-0.05, 0) is 32.3 Å². The van der Waals surface area contributed by atoms with Crippen LogP contribution in [0, 0.1) is 5.92 Å². The summed E-state index contributed by atoms with van der Waals surface area (Å²) < 4.78 is 12.2. The van der Waals surface area contributed by atoms with Crippen LogP contribution in [-0.4, -0.2) is 50.0 Å². The van der Waals surface area contributed by atoms with Crippen molar-refractivity contribution in [3.63, 3.8) is 0 Å². The fourth-order valence-electron chi connectivity index (χ4n) is 3.94. The van der Waals surface area contributed by atoms with Crippen LogP contribution >= 0.6 is 0 Å². The van der Waals surface area contributed by atoms with Crippen LogP contribution in [0.5, 0.6) is 0 Å². The summed E-state index contributed by atoms with van der Waals surface area (Å²) >= 11 is 0. The van der Waals surface area contributed by atoms with E-state index in [9.17, 15) is 4.79 Å². The molecule has 2 fully saturated rings. The van der Waals surface area contributed by atoms with E-state index in [1.807, 2.05) is 13.8 Å². The van der Waals surface area contributed by atoms with E-state index in [4.69, 9.17) is 9.47 Å². The molecule has 4 rings (SSSR count). The number of carbonyl (C=O) groups excluding carboxylic acids is 1. The maximum atomic E-state index is 12.7. The van der Waals surface area contributed by atoms with Gasteiger partial charge in [-0.3, -0.25) is 9.89 Å². The highest BCUT2D eigenvalue weighted by Gasteiger charge is 2.53. The summed E-state index contributed by atoms with van der Waals surface area (Å²) in [6.45, 7) is 6.04. The quantitative estimate of drug-likeness (QED) is 0.791. The first-order chi connectivity index (χ1) is 12.5. The second-order valence-corrected chi connectivity index (χ2v) is 7.30. The molecule has 0 amide bonds. The van der Waals surface area contributed by atoms with E-state index in [1.165, 1.54) is 12.5 Å². The molecule has 3 heterocycles. The number of fused-ring (bicyclic) bond motifs is 1. The Morgan fingerprint density at radius 1 is 1.38 bits per heavy atom. The number of ether oxygens (including phenoxy) is 2. The summed E-state index contributed by atoms with van der Waals surface area (Å²) in [7, 11) is 0. The van der Waals surface area contributed by atoms with Crippen molar-refractivity contribution in [3.05, 3.63) is 36.0 Å². The normalized spacial score (nSPS) is 29.5. The van der Waals surface area contributed by atoms with Gasteiger partial charge in [0.05, 0.1) is 17.7 Å². The van der Waals surface area contributed by atoms with Gasteiger partial charge in [-0.25, -0.2) is 9.97 Å². The molecule has 26 heavy (non-hydrogen) atoms. The van der Waals surface area contributed by atoms with Crippen molar-refractivity contribution in [1.82, 2.24) is 20.2 Å². The number of ketones is 1. The molecule has 1 aliphatic carbocycles. The predicted molar refractivity (Wildman–Crippen MR) is 93.7 cm³/mol. The van der Waals surface area contributed by atoms with E-state index >= 15 is 0 Å². The average Bonchev–Trinajstić information content (AvgIpc) is 3.31. The van der Waals surface area contributed by atoms with E-state index < -0.39 is 5.79 Å². The lowest BCUT2D eigenvalue weighted by atomic mass is 10.0. The molecular formula is C18H23N5O3. The number of H-pyrrole nitrogens is 1. The van der Waals surface area contributed by atoms with E-state index in [-0.39, 0.29) is 24.0 Å². The molecule has 1 saturated carbocycles. The molecule has 4 atom stereocenters. The topological polar surface area (TPSA) is 102 Å². The first kappa shape index (κ1) is 17.1. The number of anilines is 1. The zero-order valence-electron chi connectivity index (χ0n) is 15.1. The maximum absolute atomic E-state index is 12.7. The minimum absolute atomic E-state index is 0.0231. The molecule has 1 saturated heterocycles. The molecular weight excluding hydrogens is 334 g/mol. The fraction of sp³-hybridized carbons (Fsp3) is 0.556. The lowest BCUT2D eigenvalue weighted by molar-refractivity contribution is -0.157. The van der Waals surface area contributed by atoms with Crippen molar-refractivity contribution in [2.24, 2.45) is 5.92 Å². The highest BCUT2D eigenvalue weighted by atomic mass is 16.8. The lowest BCUT2D eigenvalue weighted by Crippen LogP contribution is -2.35. The molecule has 0 bridgehead atoms. The Balaban J connectivity index is 1.59. The third-order valence-corrected chi connectivity index (χ3v) is 5.13. The van der Waals surface area contributed by atoms with Gasteiger partial charge in [0.1, 0.15) is 23.9 Å². The zero-order valence-corrected chi connectivity index (χ0v) is 15.1. The number of hydrogen-bond donors (Lipinski definition) is 2. The Hall–Kier alpha value is -2.32. The van der Waals surface area contributed by atoms with Gasteiger partial charge in [-0.1, -0.05) is 13.3 Å². The molecule has 2 aromatic rings. The van der Waals surface area contributed by atoms with Crippen LogP contribution in [0.3, 0.4) is 0 Å². The van der Waals surface area contributed by atoms with Crippen LogP contribution in [0.15, 0.2) is 24.8 Å². The predicted octanol–water partition coefficient (Wildman–Crippen LogP) is 2.16. The molecule has 8 heteroatoms. The van der Waals surface area contributed by atoms with Crippen molar-refractivity contribution in [2.45, 2.75) is 57.6 Å². The monoisotopic (exact) mass is 357 g/mol. The number of nitrogens with one attached hydrogen (secondary N) is 2. The van der Waals surface area contributed by atoms with E-state index in [0.29, 0.717) is 23.0 Å². The van der Waals surface area contributed by atoms with Crippen LogP contribution in [0.1, 0.15) is 49.7 Å². The third-order valence-electron chi connectivity index (χ3n) is 5.13. The van der Waals surface area contributed by atoms with Crippen LogP contribution < -0.4 is 5.32 Å². The maximum Gasteiger partial charge on any atom is 0.216 e. The van der Waals surface area contributed by atoms with Gasteiger partial charge in [0.15, 0.2) is 5.79 Å². The van der Waals surface area contributed by atoms with Gasteiger partial charge < -0.3 is 14.8 Å². The van der Waals surface area contributed by atoms with Gasteiger partial charge in [-0.2, -0.15) is 5.10 Å². The molecule has 8 nitrogen and oxygen atoms in total. The first-order valence-corrected chi connectivity index (χ1v) is 8.94. The van der Waals surface area contributed by atoms with Crippen molar-refractivity contribution in [2.75, 3.05) is 5.32 Å². The SMILES string of the molecule is CC[C@H]1C[C@@H](Nc2ncncc2C(=O)c2ccn[nH]2)[C@@H]2OC(C)(C)O[C@H]12. The van der Waals surface area contributed by atoms with Crippen molar-refractivity contribution < 1.29 is 14.3 Å². The van der Waals surface area contributed by atoms with Gasteiger partial charge in [0.25, 0.3) is 0 Å². The molecule has 0 spiro atoms. The Bertz CT molecular complexity index is 792. The zero-order chi connectivity index (χ0) is 18.3. The average molecular weight is 357 g/mol. The molecule has 2 aliphatic rings. The number of nitrogens with zero attached hydrogens (tertiary/aromatic N) is 3. The molecule has 0 radical (unpaired) electrons. The summed E-state index contributed by atoms with van der Waals surface area (Å²) in [6, 6.07) is 1.66. The summed E-state index contributed by atoms with van der Waals surface area (Å²) in [6.07, 6.45) is 6.42. The van der Waals surface area contributed by atoms with Crippen molar-refractivity contribution >= 4 is 11.6 Å². The van der Waals surface area contributed by atoms with Crippen LogP contribution in [0.25, 0.3) is 0 Å². The minimum atomic E-state index is -0.594. The Morgan fingerprint density at radius 2 is 2.19 bits per heavy atom. The van der Waals surface area contributed by atoms with Crippen molar-refractivity contribution in [1.29, 1.82) is 0 Å². The molecule has 1 aliphatic heterocycles. The molecule has 0 unspecified atom stereocenters. The summed E-state index contributed by atoms with van der Waals surface area (Å²) in [4.78, 5) is 21.0. The Labute approximate surface area is 151 Å². The first-order valence-electron chi connectivity index (χ1n) is 8.94. The third kappa shape index (κ3) is 2.99. The smallest absolute Gasteiger partial charge is 0.216 e. The Kier molecular flexibility index (Phi) is 4.24. The van der Waals surface area contributed by atoms with Crippen LogP contribution in [0.4, 0.5) is 5.82 Å². The van der Waals surface area contributed by atoms with Gasteiger partial charge in [0.2, 0.25) is 5.78 Å². The number of rotatable bonds is 5. The van der Waals surface area contributed by atoms with Crippen LogP contribution in [-0.2, 0) is 9.47 Å². The Morgan fingerprint density at radius 3 is 2.92 bits per heavy atom. The number of aromatic nitrogens is 4. The van der Waals surface area contributed by atoms with E-state index in [1.54, 1.807) is 12.3 Å². The number of hydrogen-bond acceptors (Lipinski definition) is 7. The van der Waals surface area contributed by atoms with Gasteiger partial charge >= 0.3 is 0 Å². The molecule has 2 N–H and O–H groups in total. The summed E-state index contributed by atoms with van der Waals surface area (Å²) in [5, 5.41) is 9.95. The lowest BCUT2D eigenvalue weighted by Gasteiger charge is -2.24. The minimum Gasteiger partial charge on any atom is -0.364 e. The van der Waals surface area contributed by atoms with Gasteiger partial charge in [0, 0.05) is 12.4 Å². The van der Waals surface area contributed by atoms with Crippen molar-refractivity contribution in [3.8, 4) is 0 Å². The van der Waals surface area contributed by atoms with Crippen LogP contribution in [0.2, 0.25) is 0 Å². The second-order valence-electron chi connectivity index (χ2n) is 7.30.